The van der Waals surface area contributed by atoms with Crippen LogP contribution in [0.3, 0.4) is 0 Å². The van der Waals surface area contributed by atoms with Crippen LogP contribution in [0.5, 0.6) is 0 Å². The third-order valence-electron chi connectivity index (χ3n) is 12.2. The first-order valence-corrected chi connectivity index (χ1v) is 20.6. The van der Waals surface area contributed by atoms with Crippen LogP contribution < -0.4 is 25.8 Å². The summed E-state index contributed by atoms with van der Waals surface area (Å²) in [6.45, 7) is 2.66. The number of nitrogens with zero attached hydrogens (tertiary/aromatic N) is 5. The predicted octanol–water partition coefficient (Wildman–Crippen LogP) is 4.11. The normalized spacial score (nSPS) is 20.4. The molecule has 0 aliphatic carbocycles. The highest BCUT2D eigenvalue weighted by atomic mass is 32.1. The molecule has 0 bridgehead atoms. The fourth-order valence-corrected chi connectivity index (χ4v) is 9.53. The van der Waals surface area contributed by atoms with E-state index in [0.29, 0.717) is 23.8 Å². The van der Waals surface area contributed by atoms with E-state index in [1.165, 1.54) is 27.2 Å². The third-order valence-corrected chi connectivity index (χ3v) is 12.9. The van der Waals surface area contributed by atoms with Crippen LogP contribution in [0.1, 0.15) is 48.0 Å². The van der Waals surface area contributed by atoms with E-state index in [1.807, 2.05) is 24.3 Å². The van der Waals surface area contributed by atoms with E-state index in [9.17, 15) is 29.1 Å². The molecule has 1 aromatic heterocycles. The zero-order chi connectivity index (χ0) is 41.9. The number of halogens is 3. The van der Waals surface area contributed by atoms with Gasteiger partial charge in [0, 0.05) is 85.2 Å². The highest BCUT2D eigenvalue weighted by molar-refractivity contribution is 7.13. The smallest absolute Gasteiger partial charge is 0.255 e. The summed E-state index contributed by atoms with van der Waals surface area (Å²) in [7, 11) is 0. The molecule has 4 N–H and O–H groups in total. The number of piperidine rings is 2. The molecule has 1 unspecified atom stereocenters. The van der Waals surface area contributed by atoms with E-state index in [-0.39, 0.29) is 92.1 Å². The number of anilines is 4. The molecule has 4 fully saturated rings. The number of likely N-dealkylation sites (tertiary alicyclic amines) is 1. The molecule has 4 saturated heterocycles. The van der Waals surface area contributed by atoms with Crippen LogP contribution in [0.25, 0.3) is 11.1 Å². The van der Waals surface area contributed by atoms with Crippen molar-refractivity contribution in [3.05, 3.63) is 88.7 Å². The monoisotopic (exact) mass is 842 g/mol. The average Bonchev–Trinajstić information content (AvgIpc) is 3.80. The Morgan fingerprint density at radius 1 is 0.917 bits per heavy atom. The van der Waals surface area contributed by atoms with Crippen LogP contribution in [0.15, 0.2) is 60.1 Å². The van der Waals surface area contributed by atoms with E-state index in [4.69, 9.17) is 0 Å². The molecule has 1 atom stereocenters. The number of amides is 5. The van der Waals surface area contributed by atoms with Gasteiger partial charge >= 0.3 is 0 Å². The number of carbonyl (C=O) groups excluding carboxylic acids is 5. The number of hydrogen-bond donors (Lipinski definition) is 4. The van der Waals surface area contributed by atoms with Gasteiger partial charge in [-0.05, 0) is 66.8 Å². The second kappa shape index (κ2) is 15.2. The Bertz CT molecular complexity index is 2370. The molecule has 5 amide bonds. The summed E-state index contributed by atoms with van der Waals surface area (Å²) in [5, 5.41) is 21.1. The van der Waals surface area contributed by atoms with Gasteiger partial charge in [-0.2, -0.15) is 0 Å². The number of fused-ring (bicyclic) bond motifs is 1. The summed E-state index contributed by atoms with van der Waals surface area (Å²) in [5.41, 5.74) is 1.23. The fourth-order valence-electron chi connectivity index (χ4n) is 8.98. The highest BCUT2D eigenvalue weighted by Crippen LogP contribution is 2.43. The number of benzene rings is 3. The Hall–Kier alpha value is -6.01. The zero-order valence-electron chi connectivity index (χ0n) is 32.3. The summed E-state index contributed by atoms with van der Waals surface area (Å²) in [6, 6.07) is 12.1. The Balaban J connectivity index is 0.737. The molecule has 5 aliphatic rings. The van der Waals surface area contributed by atoms with Crippen LogP contribution in [0.4, 0.5) is 35.4 Å². The summed E-state index contributed by atoms with van der Waals surface area (Å²) >= 11 is 1.26. The standard InChI is InChI=1S/C42H41F3N8O6S/c43-30-14-25(13-28-29(30)18-51(39(28)58)19-35(55)49-40-46-9-12-60-40)24-1-3-27(4-2-24)52-20-41(21-52)22-53(23-41)36(56)17-42(59)7-10-50(11-8-42)37-31(44)15-26(16-32(37)45)47-33-5-6-34(54)48-38(33)57/h1-4,9,12-16,33,47,59H,5-8,10-11,17-23H2,(H,46,49,55)(H,48,54,57). The van der Waals surface area contributed by atoms with Crippen molar-refractivity contribution in [2.45, 2.75) is 50.3 Å². The topological polar surface area (TPSA) is 168 Å². The Kier molecular flexibility index (Phi) is 10.0. The molecule has 312 valence electrons. The number of carbonyl (C=O) groups is 5. The van der Waals surface area contributed by atoms with Crippen LogP contribution >= 0.6 is 11.3 Å². The number of thiazole rings is 1. The van der Waals surface area contributed by atoms with Crippen molar-refractivity contribution in [3.8, 4) is 11.1 Å². The predicted molar refractivity (Wildman–Crippen MR) is 216 cm³/mol. The van der Waals surface area contributed by atoms with Gasteiger partial charge in [0.05, 0.1) is 18.6 Å². The lowest BCUT2D eigenvalue weighted by Crippen LogP contribution is -2.73. The maximum absolute atomic E-state index is 15.3. The number of imide groups is 1. The van der Waals surface area contributed by atoms with E-state index >= 15 is 13.2 Å². The molecule has 3 aromatic carbocycles. The van der Waals surface area contributed by atoms with Crippen molar-refractivity contribution in [3.63, 3.8) is 0 Å². The number of hydrogen-bond acceptors (Lipinski definition) is 11. The Morgan fingerprint density at radius 3 is 2.30 bits per heavy atom. The maximum atomic E-state index is 15.3. The van der Waals surface area contributed by atoms with E-state index in [0.717, 1.165) is 36.5 Å². The van der Waals surface area contributed by atoms with Gasteiger partial charge in [-0.15, -0.1) is 11.3 Å². The van der Waals surface area contributed by atoms with Gasteiger partial charge in [-0.25, -0.2) is 18.2 Å². The molecule has 5 aliphatic heterocycles. The molecule has 6 heterocycles. The molecule has 14 nitrogen and oxygen atoms in total. The van der Waals surface area contributed by atoms with Crippen molar-refractivity contribution in [2.24, 2.45) is 5.41 Å². The number of rotatable bonds is 10. The van der Waals surface area contributed by atoms with Gasteiger partial charge in [0.1, 0.15) is 24.1 Å². The van der Waals surface area contributed by atoms with Crippen molar-refractivity contribution in [2.75, 3.05) is 66.2 Å². The van der Waals surface area contributed by atoms with Crippen molar-refractivity contribution >= 4 is 63.1 Å². The van der Waals surface area contributed by atoms with Gasteiger partial charge in [0.25, 0.3) is 5.91 Å². The average molecular weight is 843 g/mol. The van der Waals surface area contributed by atoms with Gasteiger partial charge < -0.3 is 35.3 Å². The lowest BCUT2D eigenvalue weighted by atomic mass is 9.72. The first kappa shape index (κ1) is 39.5. The van der Waals surface area contributed by atoms with Gasteiger partial charge in [-0.1, -0.05) is 12.1 Å². The molecule has 9 rings (SSSR count). The van der Waals surface area contributed by atoms with E-state index < -0.39 is 52.7 Å². The molecule has 4 aromatic rings. The maximum Gasteiger partial charge on any atom is 0.255 e. The molecule has 0 radical (unpaired) electrons. The van der Waals surface area contributed by atoms with Crippen molar-refractivity contribution < 1.29 is 42.3 Å². The van der Waals surface area contributed by atoms with Crippen LogP contribution in [0, 0.1) is 22.9 Å². The number of aromatic nitrogens is 1. The summed E-state index contributed by atoms with van der Waals surface area (Å²) in [4.78, 5) is 73.2. The van der Waals surface area contributed by atoms with E-state index in [1.54, 1.807) is 22.5 Å². The summed E-state index contributed by atoms with van der Waals surface area (Å²) in [5.74, 6) is -4.09. The minimum absolute atomic E-state index is 0.00149. The van der Waals surface area contributed by atoms with E-state index in [2.05, 4.69) is 25.8 Å². The highest BCUT2D eigenvalue weighted by Gasteiger charge is 2.54. The Labute approximate surface area is 346 Å². The van der Waals surface area contributed by atoms with Gasteiger partial charge in [0.2, 0.25) is 23.6 Å². The lowest BCUT2D eigenvalue weighted by Gasteiger charge is -2.61. The molecular weight excluding hydrogens is 802 g/mol. The molecule has 0 saturated carbocycles. The quantitative estimate of drug-likeness (QED) is 0.171. The number of nitrogens with one attached hydrogen (secondary N) is 3. The lowest BCUT2D eigenvalue weighted by molar-refractivity contribution is -0.151. The van der Waals surface area contributed by atoms with Crippen LogP contribution in [-0.4, -0.2) is 107 Å². The first-order valence-electron chi connectivity index (χ1n) is 19.7. The van der Waals surface area contributed by atoms with Gasteiger partial charge in [-0.3, -0.25) is 29.3 Å². The molecule has 1 spiro atoms. The summed E-state index contributed by atoms with van der Waals surface area (Å²) in [6.07, 6.45) is 2.10. The minimum Gasteiger partial charge on any atom is -0.389 e. The number of aliphatic hydroxyl groups is 1. The second-order valence-corrected chi connectivity index (χ2v) is 17.4. The third kappa shape index (κ3) is 7.64. The molecular formula is C42H41F3N8O6S. The minimum atomic E-state index is -1.31. The Morgan fingerprint density at radius 2 is 1.63 bits per heavy atom. The largest absolute Gasteiger partial charge is 0.389 e. The fraction of sp³-hybridized carbons (Fsp3) is 0.381. The second-order valence-electron chi connectivity index (χ2n) is 16.5. The van der Waals surface area contributed by atoms with Gasteiger partial charge in [0.15, 0.2) is 16.8 Å². The SMILES string of the molecule is O=C1CCC(Nc2cc(F)c(N3CCC(O)(CC(=O)N4CC5(C4)CN(c4ccc(-c6cc(F)c7c(c6)C(=O)N(CC(=O)Nc6nccs6)C7)cc4)C5)CC3)c(F)c2)C(=O)N1. The molecule has 60 heavy (non-hydrogen) atoms. The van der Waals surface area contributed by atoms with Crippen molar-refractivity contribution in [1.29, 1.82) is 0 Å². The molecule has 18 heteroatoms. The van der Waals surface area contributed by atoms with Crippen molar-refractivity contribution in [1.82, 2.24) is 20.1 Å². The first-order chi connectivity index (χ1) is 28.7. The van der Waals surface area contributed by atoms with Crippen LogP contribution in [0.2, 0.25) is 0 Å². The summed E-state index contributed by atoms with van der Waals surface area (Å²) < 4.78 is 45.7. The van der Waals surface area contributed by atoms with Crippen LogP contribution in [-0.2, 0) is 25.7 Å². The zero-order valence-corrected chi connectivity index (χ0v) is 33.1.